The van der Waals surface area contributed by atoms with Crippen LogP contribution in [-0.4, -0.2) is 26.9 Å². The number of nitrogens with two attached hydrogens (primary N) is 1. The number of hydrogen-bond acceptors (Lipinski definition) is 4. The van der Waals surface area contributed by atoms with E-state index in [2.05, 4.69) is 4.98 Å². The van der Waals surface area contributed by atoms with Crippen molar-refractivity contribution >= 4 is 16.6 Å². The van der Waals surface area contributed by atoms with Crippen molar-refractivity contribution in [2.45, 2.75) is 32.2 Å². The van der Waals surface area contributed by atoms with Gasteiger partial charge in [-0.25, -0.2) is 14.1 Å². The lowest BCUT2D eigenvalue weighted by Gasteiger charge is -2.23. The third-order valence-corrected chi connectivity index (χ3v) is 5.71. The van der Waals surface area contributed by atoms with Crippen LogP contribution in [0.4, 0.5) is 10.1 Å². The van der Waals surface area contributed by atoms with Crippen molar-refractivity contribution in [1.82, 2.24) is 19.7 Å². The number of H-pyrrole nitrogens is 1. The summed E-state index contributed by atoms with van der Waals surface area (Å²) in [6.45, 7) is 2.78. The quantitative estimate of drug-likeness (QED) is 0.508. The lowest BCUT2D eigenvalue weighted by Crippen LogP contribution is -2.18. The highest BCUT2D eigenvalue weighted by Gasteiger charge is 2.27. The zero-order valence-corrected chi connectivity index (χ0v) is 16.4. The van der Waals surface area contributed by atoms with Crippen molar-refractivity contribution < 1.29 is 9.13 Å². The van der Waals surface area contributed by atoms with E-state index in [9.17, 15) is 4.39 Å². The Hall–Kier alpha value is -3.35. The Morgan fingerprint density at radius 1 is 1.24 bits per heavy atom. The standard InChI is InChI=1S/C22H22FN5O/c1-12-10-13(23)5-6-14(12)15-4-3-9-28-22(15)26-21(27-28)19-11-16-18(25-19)8-7-17(24)20(16)29-2/h5-8,10-11,15,25H,3-4,9,24H2,1-2H3. The molecule has 0 spiro atoms. The first-order chi connectivity index (χ1) is 14.0. The molecule has 1 aliphatic rings. The normalized spacial score (nSPS) is 16.2. The molecule has 6 nitrogen and oxygen atoms in total. The van der Waals surface area contributed by atoms with Crippen LogP contribution >= 0.6 is 0 Å². The van der Waals surface area contributed by atoms with Crippen molar-refractivity contribution in [2.24, 2.45) is 0 Å². The molecule has 4 aromatic rings. The molecular weight excluding hydrogens is 369 g/mol. The van der Waals surface area contributed by atoms with E-state index in [1.165, 1.54) is 6.07 Å². The fourth-order valence-electron chi connectivity index (χ4n) is 4.33. The molecule has 0 radical (unpaired) electrons. The van der Waals surface area contributed by atoms with Crippen LogP contribution in [0.25, 0.3) is 22.4 Å². The number of benzene rings is 2. The van der Waals surface area contributed by atoms with E-state index in [0.29, 0.717) is 17.3 Å². The number of fused-ring (bicyclic) bond motifs is 2. The molecule has 1 aliphatic heterocycles. The summed E-state index contributed by atoms with van der Waals surface area (Å²) in [5.41, 5.74) is 10.4. The molecule has 7 heteroatoms. The van der Waals surface area contributed by atoms with Crippen molar-refractivity contribution in [3.05, 3.63) is 59.2 Å². The van der Waals surface area contributed by atoms with Gasteiger partial charge in [-0.3, -0.25) is 0 Å². The molecule has 0 fully saturated rings. The van der Waals surface area contributed by atoms with Crippen LogP contribution < -0.4 is 10.5 Å². The lowest BCUT2D eigenvalue weighted by atomic mass is 9.88. The molecule has 0 saturated heterocycles. The van der Waals surface area contributed by atoms with Crippen LogP contribution in [0.2, 0.25) is 0 Å². The second kappa shape index (κ2) is 6.62. The smallest absolute Gasteiger partial charge is 0.197 e. The first-order valence-corrected chi connectivity index (χ1v) is 9.71. The largest absolute Gasteiger partial charge is 0.494 e. The highest BCUT2D eigenvalue weighted by Crippen LogP contribution is 2.37. The second-order valence-electron chi connectivity index (χ2n) is 7.54. The number of aromatic amines is 1. The van der Waals surface area contributed by atoms with E-state index in [1.807, 2.05) is 35.9 Å². The van der Waals surface area contributed by atoms with Gasteiger partial charge in [0.15, 0.2) is 11.6 Å². The molecule has 148 valence electrons. The van der Waals surface area contributed by atoms with Crippen LogP contribution in [0.5, 0.6) is 5.75 Å². The molecular formula is C22H22FN5O. The van der Waals surface area contributed by atoms with Gasteiger partial charge >= 0.3 is 0 Å². The summed E-state index contributed by atoms with van der Waals surface area (Å²) < 4.78 is 21.0. The number of anilines is 1. The van der Waals surface area contributed by atoms with Gasteiger partial charge in [0, 0.05) is 23.4 Å². The average Bonchev–Trinajstić information content (AvgIpc) is 3.32. The Morgan fingerprint density at radius 2 is 2.10 bits per heavy atom. The molecule has 0 aliphatic carbocycles. The Balaban J connectivity index is 1.59. The molecule has 1 unspecified atom stereocenters. The molecule has 2 aromatic heterocycles. The zero-order valence-electron chi connectivity index (χ0n) is 16.4. The van der Waals surface area contributed by atoms with Crippen LogP contribution in [0, 0.1) is 12.7 Å². The first-order valence-electron chi connectivity index (χ1n) is 9.71. The summed E-state index contributed by atoms with van der Waals surface area (Å²) in [4.78, 5) is 8.24. The predicted molar refractivity (Wildman–Crippen MR) is 110 cm³/mol. The van der Waals surface area contributed by atoms with E-state index in [1.54, 1.807) is 13.2 Å². The van der Waals surface area contributed by atoms with Gasteiger partial charge in [-0.15, -0.1) is 5.10 Å². The number of ether oxygens (including phenoxy) is 1. The number of rotatable bonds is 3. The third kappa shape index (κ3) is 2.85. The minimum atomic E-state index is -0.212. The van der Waals surface area contributed by atoms with Gasteiger partial charge in [0.05, 0.1) is 18.5 Å². The maximum Gasteiger partial charge on any atom is 0.197 e. The zero-order chi connectivity index (χ0) is 20.1. The van der Waals surface area contributed by atoms with Crippen LogP contribution in [0.15, 0.2) is 36.4 Å². The molecule has 0 bridgehead atoms. The number of nitrogens with one attached hydrogen (secondary N) is 1. The average molecular weight is 391 g/mol. The van der Waals surface area contributed by atoms with Gasteiger partial charge in [0.25, 0.3) is 0 Å². The van der Waals surface area contributed by atoms with Crippen molar-refractivity contribution in [3.63, 3.8) is 0 Å². The molecule has 5 rings (SSSR count). The second-order valence-corrected chi connectivity index (χ2v) is 7.54. The molecule has 3 heterocycles. The van der Waals surface area contributed by atoms with Crippen LogP contribution in [0.1, 0.15) is 35.7 Å². The number of aromatic nitrogens is 4. The number of aryl methyl sites for hydroxylation is 2. The molecule has 2 aromatic carbocycles. The summed E-state index contributed by atoms with van der Waals surface area (Å²) in [5, 5.41) is 5.65. The Bertz CT molecular complexity index is 1230. The third-order valence-electron chi connectivity index (χ3n) is 5.71. The Labute approximate surface area is 167 Å². The van der Waals surface area contributed by atoms with E-state index in [0.717, 1.165) is 52.9 Å². The van der Waals surface area contributed by atoms with Gasteiger partial charge in [0.2, 0.25) is 0 Å². The Morgan fingerprint density at radius 3 is 2.90 bits per heavy atom. The number of halogens is 1. The van der Waals surface area contributed by atoms with E-state index in [4.69, 9.17) is 20.6 Å². The van der Waals surface area contributed by atoms with Crippen molar-refractivity contribution in [1.29, 1.82) is 0 Å². The summed E-state index contributed by atoms with van der Waals surface area (Å²) in [5.74, 6) is 2.11. The monoisotopic (exact) mass is 391 g/mol. The summed E-state index contributed by atoms with van der Waals surface area (Å²) >= 11 is 0. The maximum absolute atomic E-state index is 13.6. The number of nitrogens with zero attached hydrogens (tertiary/aromatic N) is 3. The van der Waals surface area contributed by atoms with Gasteiger partial charge in [-0.1, -0.05) is 6.07 Å². The molecule has 1 atom stereocenters. The maximum atomic E-state index is 13.6. The van der Waals surface area contributed by atoms with Gasteiger partial charge in [-0.2, -0.15) is 0 Å². The summed E-state index contributed by atoms with van der Waals surface area (Å²) in [6, 6.07) is 10.7. The van der Waals surface area contributed by atoms with Gasteiger partial charge < -0.3 is 15.5 Å². The lowest BCUT2D eigenvalue weighted by molar-refractivity contribution is 0.422. The van der Waals surface area contributed by atoms with Crippen molar-refractivity contribution in [2.75, 3.05) is 12.8 Å². The van der Waals surface area contributed by atoms with Gasteiger partial charge in [-0.05, 0) is 61.2 Å². The number of methoxy groups -OCH3 is 1. The van der Waals surface area contributed by atoms with Crippen LogP contribution in [0.3, 0.4) is 0 Å². The fourth-order valence-corrected chi connectivity index (χ4v) is 4.33. The minimum absolute atomic E-state index is 0.111. The van der Waals surface area contributed by atoms with Crippen LogP contribution in [-0.2, 0) is 6.54 Å². The predicted octanol–water partition coefficient (Wildman–Crippen LogP) is 4.39. The summed E-state index contributed by atoms with van der Waals surface area (Å²) in [6.07, 6.45) is 1.98. The van der Waals surface area contributed by atoms with E-state index < -0.39 is 0 Å². The van der Waals surface area contributed by atoms with Gasteiger partial charge in [0.1, 0.15) is 11.6 Å². The fraction of sp³-hybridized carbons (Fsp3) is 0.273. The number of nitrogen functional groups attached to an aromatic ring is 1. The van der Waals surface area contributed by atoms with E-state index in [-0.39, 0.29) is 11.7 Å². The SMILES string of the molecule is COc1c(N)ccc2[nH]c(-c3nc4n(n3)CCCC4c3ccc(F)cc3C)cc12. The number of hydrogen-bond donors (Lipinski definition) is 2. The molecule has 0 saturated carbocycles. The molecule has 0 amide bonds. The minimum Gasteiger partial charge on any atom is -0.494 e. The van der Waals surface area contributed by atoms with Crippen molar-refractivity contribution in [3.8, 4) is 17.3 Å². The Kier molecular flexibility index (Phi) is 4.04. The molecule has 3 N–H and O–H groups in total. The van der Waals surface area contributed by atoms with E-state index >= 15 is 0 Å². The summed E-state index contributed by atoms with van der Waals surface area (Å²) in [7, 11) is 1.61. The molecule has 29 heavy (non-hydrogen) atoms. The highest BCUT2D eigenvalue weighted by molar-refractivity contribution is 5.94. The topological polar surface area (TPSA) is 81.8 Å². The highest BCUT2D eigenvalue weighted by atomic mass is 19.1. The first kappa shape index (κ1) is 17.7.